The number of nitrogens with one attached hydrogen (secondary N) is 1. The molecule has 0 aliphatic rings. The zero-order valence-electron chi connectivity index (χ0n) is 7.01. The third kappa shape index (κ3) is 4.67. The normalized spacial score (nSPS) is 11.6. The fourth-order valence-corrected chi connectivity index (χ4v) is 1.18. The van der Waals surface area contributed by atoms with Gasteiger partial charge in [-0.3, -0.25) is 0 Å². The zero-order valence-corrected chi connectivity index (χ0v) is 7.91. The predicted octanol–water partition coefficient (Wildman–Crippen LogP) is 0.794. The Kier molecular flexibility index (Phi) is 4.53. The number of rotatable bonds is 6. The number of H-pyrrole nitrogens is 1. The van der Waals surface area contributed by atoms with Crippen molar-refractivity contribution >= 4 is 8.25 Å². The molecule has 0 saturated heterocycles. The van der Waals surface area contributed by atoms with Crippen molar-refractivity contribution in [2.75, 3.05) is 6.61 Å². The van der Waals surface area contributed by atoms with E-state index in [1.54, 1.807) is 6.20 Å². The highest BCUT2D eigenvalue weighted by atomic mass is 31.1. The lowest BCUT2D eigenvalue weighted by molar-refractivity contribution is 0.275. The minimum absolute atomic E-state index is 0.309. The summed E-state index contributed by atoms with van der Waals surface area (Å²) in [6.45, 7) is 0.309. The molecule has 0 fully saturated rings. The van der Waals surface area contributed by atoms with E-state index in [1.165, 1.54) is 0 Å². The SMILES string of the molecule is O=[P+](O)OCCCCc1cn[nH]n1. The van der Waals surface area contributed by atoms with E-state index < -0.39 is 8.25 Å². The third-order valence-electron chi connectivity index (χ3n) is 1.49. The van der Waals surface area contributed by atoms with Gasteiger partial charge in [0.15, 0.2) is 0 Å². The van der Waals surface area contributed by atoms with Gasteiger partial charge in [0.2, 0.25) is 0 Å². The van der Waals surface area contributed by atoms with Crippen LogP contribution in [0.2, 0.25) is 0 Å². The Balaban J connectivity index is 1.99. The third-order valence-corrected chi connectivity index (χ3v) is 1.90. The first-order valence-corrected chi connectivity index (χ1v) is 5.06. The lowest BCUT2D eigenvalue weighted by Gasteiger charge is -1.92. The van der Waals surface area contributed by atoms with Crippen LogP contribution >= 0.6 is 8.25 Å². The Bertz CT molecular complexity index is 252. The summed E-state index contributed by atoms with van der Waals surface area (Å²) < 4.78 is 14.6. The van der Waals surface area contributed by atoms with Crippen LogP contribution in [-0.4, -0.2) is 26.9 Å². The molecule has 72 valence electrons. The molecule has 1 heterocycles. The second kappa shape index (κ2) is 5.75. The van der Waals surface area contributed by atoms with Crippen LogP contribution in [0.3, 0.4) is 0 Å². The van der Waals surface area contributed by atoms with Gasteiger partial charge in [-0.05, 0) is 19.3 Å². The molecular formula is C6H11N3O3P+. The van der Waals surface area contributed by atoms with Crippen molar-refractivity contribution < 1.29 is 14.0 Å². The quantitative estimate of drug-likeness (QED) is 0.528. The van der Waals surface area contributed by atoms with Crippen LogP contribution in [-0.2, 0) is 15.5 Å². The summed E-state index contributed by atoms with van der Waals surface area (Å²) in [4.78, 5) is 8.30. The van der Waals surface area contributed by atoms with Crippen molar-refractivity contribution in [3.63, 3.8) is 0 Å². The molecule has 7 heteroatoms. The van der Waals surface area contributed by atoms with Gasteiger partial charge in [0.1, 0.15) is 6.61 Å². The predicted molar refractivity (Wildman–Crippen MR) is 45.1 cm³/mol. The Morgan fingerprint density at radius 1 is 1.62 bits per heavy atom. The number of aromatic amines is 1. The summed E-state index contributed by atoms with van der Waals surface area (Å²) >= 11 is 0. The molecule has 1 rings (SSSR count). The molecule has 0 saturated carbocycles. The van der Waals surface area contributed by atoms with E-state index in [-0.39, 0.29) is 0 Å². The van der Waals surface area contributed by atoms with Crippen LogP contribution in [0.4, 0.5) is 0 Å². The van der Waals surface area contributed by atoms with Gasteiger partial charge in [0.25, 0.3) is 0 Å². The molecule has 1 aromatic rings. The Labute approximate surface area is 76.3 Å². The number of unbranched alkanes of at least 4 members (excludes halogenated alkanes) is 1. The van der Waals surface area contributed by atoms with Crippen LogP contribution in [0.25, 0.3) is 0 Å². The fourth-order valence-electron chi connectivity index (χ4n) is 0.897. The lowest BCUT2D eigenvalue weighted by atomic mass is 10.2. The van der Waals surface area contributed by atoms with Crippen LogP contribution in [0.15, 0.2) is 6.20 Å². The van der Waals surface area contributed by atoms with Gasteiger partial charge >= 0.3 is 8.25 Å². The van der Waals surface area contributed by atoms with Gasteiger partial charge in [-0.15, -0.1) is 9.42 Å². The molecule has 1 atom stereocenters. The molecule has 1 aromatic heterocycles. The highest BCUT2D eigenvalue weighted by Gasteiger charge is 2.10. The van der Waals surface area contributed by atoms with E-state index in [0.29, 0.717) is 6.61 Å². The summed E-state index contributed by atoms with van der Waals surface area (Å²) in [6, 6.07) is 0. The molecule has 0 radical (unpaired) electrons. The Morgan fingerprint density at radius 3 is 3.08 bits per heavy atom. The highest BCUT2D eigenvalue weighted by molar-refractivity contribution is 7.32. The largest absolute Gasteiger partial charge is 0.694 e. The lowest BCUT2D eigenvalue weighted by Crippen LogP contribution is -1.90. The molecular weight excluding hydrogens is 193 g/mol. The molecule has 6 nitrogen and oxygen atoms in total. The van der Waals surface area contributed by atoms with Crippen LogP contribution in [0.1, 0.15) is 18.5 Å². The molecule has 0 bridgehead atoms. The van der Waals surface area contributed by atoms with Crippen LogP contribution in [0.5, 0.6) is 0 Å². The summed E-state index contributed by atoms with van der Waals surface area (Å²) in [5.41, 5.74) is 0.897. The summed E-state index contributed by atoms with van der Waals surface area (Å²) in [7, 11) is -2.45. The van der Waals surface area contributed by atoms with Gasteiger partial charge in [0, 0.05) is 4.57 Å². The van der Waals surface area contributed by atoms with E-state index in [4.69, 9.17) is 4.89 Å². The zero-order chi connectivity index (χ0) is 9.52. The number of aromatic nitrogens is 3. The van der Waals surface area contributed by atoms with Crippen molar-refractivity contribution in [2.24, 2.45) is 0 Å². The molecule has 1 unspecified atom stereocenters. The van der Waals surface area contributed by atoms with Gasteiger partial charge < -0.3 is 0 Å². The van der Waals surface area contributed by atoms with Crippen LogP contribution < -0.4 is 0 Å². The first-order valence-electron chi connectivity index (χ1n) is 3.93. The van der Waals surface area contributed by atoms with Crippen LogP contribution in [0, 0.1) is 0 Å². The standard InChI is InChI=1S/C6H10N3O3P/c10-13(11)12-4-2-1-3-6-5-7-9-8-6/h5H,1-4H2,(H-,7,8,9,10,11)/p+1. The molecule has 0 spiro atoms. The Morgan fingerprint density at radius 2 is 2.46 bits per heavy atom. The van der Waals surface area contributed by atoms with E-state index in [9.17, 15) is 4.57 Å². The monoisotopic (exact) mass is 204 g/mol. The first-order chi connectivity index (χ1) is 6.29. The fraction of sp³-hybridized carbons (Fsp3) is 0.667. The molecule has 2 N–H and O–H groups in total. The summed E-state index contributed by atoms with van der Waals surface area (Å²) in [6.07, 6.45) is 4.08. The maximum Gasteiger partial charge on any atom is 0.694 e. The highest BCUT2D eigenvalue weighted by Crippen LogP contribution is 2.14. The van der Waals surface area contributed by atoms with Crippen molar-refractivity contribution in [3.8, 4) is 0 Å². The molecule has 0 amide bonds. The van der Waals surface area contributed by atoms with Crippen molar-refractivity contribution in [3.05, 3.63) is 11.9 Å². The van der Waals surface area contributed by atoms with Gasteiger partial charge in [-0.25, -0.2) is 0 Å². The second-order valence-corrected chi connectivity index (χ2v) is 3.22. The van der Waals surface area contributed by atoms with E-state index >= 15 is 0 Å². The minimum Gasteiger partial charge on any atom is -0.198 e. The number of aryl methyl sites for hydroxylation is 1. The van der Waals surface area contributed by atoms with Gasteiger partial charge in [-0.1, -0.05) is 0 Å². The molecule has 13 heavy (non-hydrogen) atoms. The number of hydrogen-bond acceptors (Lipinski definition) is 4. The molecule has 0 aliphatic heterocycles. The smallest absolute Gasteiger partial charge is 0.198 e. The number of hydrogen-bond donors (Lipinski definition) is 2. The average molecular weight is 204 g/mol. The average Bonchev–Trinajstić information content (AvgIpc) is 2.55. The van der Waals surface area contributed by atoms with E-state index in [2.05, 4.69) is 19.9 Å². The summed E-state index contributed by atoms with van der Waals surface area (Å²) in [5.74, 6) is 0. The molecule has 0 aromatic carbocycles. The van der Waals surface area contributed by atoms with Crippen molar-refractivity contribution in [2.45, 2.75) is 19.3 Å². The minimum atomic E-state index is -2.45. The number of nitrogens with zero attached hydrogens (tertiary/aromatic N) is 2. The molecule has 0 aliphatic carbocycles. The van der Waals surface area contributed by atoms with Gasteiger partial charge in [-0.2, -0.15) is 15.4 Å². The first kappa shape index (κ1) is 10.2. The maximum absolute atomic E-state index is 10.1. The van der Waals surface area contributed by atoms with E-state index in [0.717, 1.165) is 25.0 Å². The summed E-state index contributed by atoms with van der Waals surface area (Å²) in [5, 5.41) is 10.0. The Hall–Kier alpha value is -0.840. The second-order valence-electron chi connectivity index (χ2n) is 2.49. The topological polar surface area (TPSA) is 88.1 Å². The van der Waals surface area contributed by atoms with E-state index in [1.807, 2.05) is 0 Å². The maximum atomic E-state index is 10.1. The van der Waals surface area contributed by atoms with Gasteiger partial charge in [0.05, 0.1) is 11.9 Å². The van der Waals surface area contributed by atoms with Crippen molar-refractivity contribution in [1.29, 1.82) is 0 Å². The van der Waals surface area contributed by atoms with Crippen molar-refractivity contribution in [1.82, 2.24) is 15.4 Å².